The van der Waals surface area contributed by atoms with Gasteiger partial charge in [0.1, 0.15) is 0 Å². The molecule has 0 atom stereocenters. The lowest BCUT2D eigenvalue weighted by molar-refractivity contribution is -0.116. The highest BCUT2D eigenvalue weighted by atomic mass is 16.2. The number of carbonyl (C=O) groups is 2. The highest BCUT2D eigenvalue weighted by Crippen LogP contribution is 2.10. The van der Waals surface area contributed by atoms with Gasteiger partial charge in [-0.2, -0.15) is 0 Å². The smallest absolute Gasteiger partial charge is 0.265 e. The number of anilines is 1. The molecule has 5 heteroatoms. The van der Waals surface area contributed by atoms with E-state index in [9.17, 15) is 9.59 Å². The number of amides is 2. The van der Waals surface area contributed by atoms with Crippen molar-refractivity contribution in [1.29, 1.82) is 0 Å². The number of nitrogens with one attached hydrogen (secondary N) is 2. The average molecular weight is 283 g/mol. The Morgan fingerprint density at radius 3 is 2.24 bits per heavy atom. The summed E-state index contributed by atoms with van der Waals surface area (Å²) in [6.07, 6.45) is 1.11. The zero-order valence-corrected chi connectivity index (χ0v) is 11.5. The van der Waals surface area contributed by atoms with Gasteiger partial charge in [0.25, 0.3) is 5.91 Å². The summed E-state index contributed by atoms with van der Waals surface area (Å²) in [7, 11) is 0. The van der Waals surface area contributed by atoms with Crippen LogP contribution >= 0.6 is 0 Å². The van der Waals surface area contributed by atoms with E-state index in [4.69, 9.17) is 5.84 Å². The first-order valence-corrected chi connectivity index (χ1v) is 6.64. The quantitative estimate of drug-likeness (QED) is 0.445. The Balaban J connectivity index is 1.86. The Bertz CT molecular complexity index is 609. The number of carbonyl (C=O) groups excluding carboxylic acids is 2. The molecule has 0 unspecified atom stereocenters. The zero-order valence-electron chi connectivity index (χ0n) is 11.5. The predicted octanol–water partition coefficient (Wildman–Crippen LogP) is 1.86. The van der Waals surface area contributed by atoms with Crippen LogP contribution in [0.25, 0.3) is 0 Å². The second-order valence-corrected chi connectivity index (χ2v) is 4.58. The molecule has 0 aromatic heterocycles. The first kappa shape index (κ1) is 14.7. The van der Waals surface area contributed by atoms with E-state index < -0.39 is 0 Å². The molecular formula is C16H17N3O2. The van der Waals surface area contributed by atoms with Crippen LogP contribution in [-0.4, -0.2) is 11.8 Å². The average Bonchev–Trinajstić information content (AvgIpc) is 2.54. The van der Waals surface area contributed by atoms with Crippen LogP contribution in [-0.2, 0) is 11.2 Å². The summed E-state index contributed by atoms with van der Waals surface area (Å²) in [4.78, 5) is 23.1. The van der Waals surface area contributed by atoms with Crippen molar-refractivity contribution in [3.05, 3.63) is 65.7 Å². The van der Waals surface area contributed by atoms with Crippen molar-refractivity contribution in [3.8, 4) is 0 Å². The maximum Gasteiger partial charge on any atom is 0.265 e. The third-order valence-electron chi connectivity index (χ3n) is 3.05. The molecule has 0 fully saturated rings. The fourth-order valence-corrected chi connectivity index (χ4v) is 1.91. The van der Waals surface area contributed by atoms with Crippen LogP contribution in [0.1, 0.15) is 22.3 Å². The molecule has 0 spiro atoms. The molecule has 0 aliphatic carbocycles. The maximum absolute atomic E-state index is 11.9. The van der Waals surface area contributed by atoms with Gasteiger partial charge in [-0.25, -0.2) is 5.84 Å². The lowest BCUT2D eigenvalue weighted by atomic mass is 10.1. The van der Waals surface area contributed by atoms with Crippen molar-refractivity contribution in [2.24, 2.45) is 5.84 Å². The Hall–Kier alpha value is -2.66. The number of benzene rings is 2. The molecule has 2 amide bonds. The van der Waals surface area contributed by atoms with Gasteiger partial charge in [0.05, 0.1) is 0 Å². The highest BCUT2D eigenvalue weighted by molar-refractivity contribution is 5.95. The molecule has 2 aromatic rings. The number of rotatable bonds is 5. The number of hydrogen-bond donors (Lipinski definition) is 3. The second kappa shape index (κ2) is 7.21. The van der Waals surface area contributed by atoms with Gasteiger partial charge in [-0.15, -0.1) is 0 Å². The van der Waals surface area contributed by atoms with E-state index >= 15 is 0 Å². The molecule has 0 saturated heterocycles. The first-order chi connectivity index (χ1) is 10.2. The third-order valence-corrected chi connectivity index (χ3v) is 3.05. The van der Waals surface area contributed by atoms with E-state index in [1.165, 1.54) is 0 Å². The SMILES string of the molecule is NNC(=O)c1ccc(NC(=O)CCc2ccccc2)cc1. The van der Waals surface area contributed by atoms with Gasteiger partial charge in [0, 0.05) is 17.7 Å². The molecule has 0 saturated carbocycles. The van der Waals surface area contributed by atoms with Crippen LogP contribution < -0.4 is 16.6 Å². The molecule has 2 aromatic carbocycles. The Kier molecular flexibility index (Phi) is 5.06. The van der Waals surface area contributed by atoms with E-state index in [1.54, 1.807) is 24.3 Å². The largest absolute Gasteiger partial charge is 0.326 e. The van der Waals surface area contributed by atoms with Crippen molar-refractivity contribution < 1.29 is 9.59 Å². The lowest BCUT2D eigenvalue weighted by Crippen LogP contribution is -2.29. The minimum absolute atomic E-state index is 0.0603. The Labute approximate surface area is 123 Å². The molecule has 21 heavy (non-hydrogen) atoms. The maximum atomic E-state index is 11.9. The third kappa shape index (κ3) is 4.43. The van der Waals surface area contributed by atoms with Crippen molar-refractivity contribution in [1.82, 2.24) is 5.43 Å². The summed E-state index contributed by atoms with van der Waals surface area (Å²) in [6, 6.07) is 16.4. The van der Waals surface area contributed by atoms with Crippen LogP contribution in [0, 0.1) is 0 Å². The van der Waals surface area contributed by atoms with Crippen LogP contribution in [0.5, 0.6) is 0 Å². The van der Waals surface area contributed by atoms with Gasteiger partial charge in [-0.3, -0.25) is 15.0 Å². The van der Waals surface area contributed by atoms with Crippen LogP contribution in [0.15, 0.2) is 54.6 Å². The Morgan fingerprint density at radius 1 is 0.952 bits per heavy atom. The molecule has 0 aliphatic heterocycles. The van der Waals surface area contributed by atoms with Gasteiger partial charge in [0.15, 0.2) is 0 Å². The van der Waals surface area contributed by atoms with E-state index in [2.05, 4.69) is 10.7 Å². The van der Waals surface area contributed by atoms with Crippen LogP contribution in [0.3, 0.4) is 0 Å². The second-order valence-electron chi connectivity index (χ2n) is 4.58. The summed E-state index contributed by atoms with van der Waals surface area (Å²) < 4.78 is 0. The van der Waals surface area contributed by atoms with Gasteiger partial charge < -0.3 is 5.32 Å². The van der Waals surface area contributed by atoms with Crippen LogP contribution in [0.4, 0.5) is 5.69 Å². The normalized spacial score (nSPS) is 9.95. The highest BCUT2D eigenvalue weighted by Gasteiger charge is 2.05. The van der Waals surface area contributed by atoms with Gasteiger partial charge in [-0.05, 0) is 36.2 Å². The molecule has 2 rings (SSSR count). The molecule has 108 valence electrons. The van der Waals surface area contributed by atoms with E-state index in [1.807, 2.05) is 30.3 Å². The van der Waals surface area contributed by atoms with E-state index in [0.717, 1.165) is 5.56 Å². The lowest BCUT2D eigenvalue weighted by Gasteiger charge is -2.06. The standard InChI is InChI=1S/C16H17N3O2/c17-19-16(21)13-7-9-14(10-8-13)18-15(20)11-6-12-4-2-1-3-5-12/h1-5,7-10H,6,11,17H2,(H,18,20)(H,19,21). The number of nitrogen functional groups attached to an aromatic ring is 1. The summed E-state index contributed by atoms with van der Waals surface area (Å²) >= 11 is 0. The van der Waals surface area contributed by atoms with Crippen molar-refractivity contribution in [3.63, 3.8) is 0 Å². The van der Waals surface area contributed by atoms with Crippen molar-refractivity contribution in [2.45, 2.75) is 12.8 Å². The molecule has 0 aliphatic rings. The molecule has 0 heterocycles. The summed E-state index contributed by atoms with van der Waals surface area (Å²) in [6.45, 7) is 0. The van der Waals surface area contributed by atoms with E-state index in [0.29, 0.717) is 24.1 Å². The topological polar surface area (TPSA) is 84.2 Å². The Morgan fingerprint density at radius 2 is 1.62 bits per heavy atom. The molecule has 5 nitrogen and oxygen atoms in total. The molecule has 0 radical (unpaired) electrons. The summed E-state index contributed by atoms with van der Waals surface area (Å²) in [5, 5.41) is 2.79. The molecule has 0 bridgehead atoms. The number of hydrogen-bond acceptors (Lipinski definition) is 3. The molecule has 4 N–H and O–H groups in total. The monoisotopic (exact) mass is 283 g/mol. The number of aryl methyl sites for hydroxylation is 1. The first-order valence-electron chi connectivity index (χ1n) is 6.64. The number of hydrazine groups is 1. The van der Waals surface area contributed by atoms with Gasteiger partial charge in [0.2, 0.25) is 5.91 Å². The van der Waals surface area contributed by atoms with Crippen LogP contribution in [0.2, 0.25) is 0 Å². The summed E-state index contributed by atoms with van der Waals surface area (Å²) in [5.74, 6) is 4.62. The fourth-order valence-electron chi connectivity index (χ4n) is 1.91. The summed E-state index contributed by atoms with van der Waals surface area (Å²) in [5.41, 5.74) is 4.28. The van der Waals surface area contributed by atoms with Gasteiger partial charge in [-0.1, -0.05) is 30.3 Å². The predicted molar refractivity (Wildman–Crippen MR) is 81.5 cm³/mol. The van der Waals surface area contributed by atoms with Crippen molar-refractivity contribution in [2.75, 3.05) is 5.32 Å². The molecular weight excluding hydrogens is 266 g/mol. The van der Waals surface area contributed by atoms with Gasteiger partial charge >= 0.3 is 0 Å². The van der Waals surface area contributed by atoms with E-state index in [-0.39, 0.29) is 11.8 Å². The zero-order chi connectivity index (χ0) is 15.1. The van der Waals surface area contributed by atoms with Crippen molar-refractivity contribution >= 4 is 17.5 Å². The minimum atomic E-state index is -0.364. The fraction of sp³-hybridized carbons (Fsp3) is 0.125. The minimum Gasteiger partial charge on any atom is -0.326 e. The number of nitrogens with two attached hydrogens (primary N) is 1.